The van der Waals surface area contributed by atoms with Crippen molar-refractivity contribution in [3.8, 4) is 0 Å². The average molecular weight is 270 g/mol. The summed E-state index contributed by atoms with van der Waals surface area (Å²) in [5, 5.41) is 14.2. The Morgan fingerprint density at radius 2 is 2.24 bits per heavy atom. The van der Waals surface area contributed by atoms with E-state index in [0.717, 1.165) is 23.5 Å². The van der Waals surface area contributed by atoms with Gasteiger partial charge in [-0.3, -0.25) is 4.98 Å². The second-order valence-corrected chi connectivity index (χ2v) is 4.17. The van der Waals surface area contributed by atoms with Crippen LogP contribution in [0, 0.1) is 0 Å². The first-order valence-electron chi connectivity index (χ1n) is 4.90. The highest BCUT2D eigenvalue weighted by Gasteiger charge is 2.01. The van der Waals surface area contributed by atoms with Gasteiger partial charge in [0.1, 0.15) is 0 Å². The normalized spacial score (nSPS) is 10.4. The summed E-state index contributed by atoms with van der Waals surface area (Å²) in [6.07, 6.45) is 4.87. The van der Waals surface area contributed by atoms with Crippen molar-refractivity contribution in [1.82, 2.24) is 9.97 Å². The van der Waals surface area contributed by atoms with Gasteiger partial charge in [0.25, 0.3) is 0 Å². The zero-order valence-electron chi connectivity index (χ0n) is 8.98. The number of oxime groups is 1. The molecule has 1 N–H and O–H groups in total. The third kappa shape index (κ3) is 4.13. The largest absolute Gasteiger partial charge is 0.411 e. The molecule has 0 aliphatic carbocycles. The predicted molar refractivity (Wildman–Crippen MR) is 70.4 cm³/mol. The van der Waals surface area contributed by atoms with E-state index in [1.807, 2.05) is 23.6 Å². The lowest BCUT2D eigenvalue weighted by Gasteiger charge is -1.96. The maximum absolute atomic E-state index is 8.36. The lowest BCUT2D eigenvalue weighted by atomic mass is 10.2. The topological polar surface area (TPSA) is 58.4 Å². The summed E-state index contributed by atoms with van der Waals surface area (Å²) >= 11 is 1.57. The Balaban J connectivity index is 0.00000144. The van der Waals surface area contributed by atoms with Gasteiger partial charge >= 0.3 is 0 Å². The Bertz CT molecular complexity index is 473. The van der Waals surface area contributed by atoms with Crippen molar-refractivity contribution >= 4 is 30.0 Å². The van der Waals surface area contributed by atoms with Crippen molar-refractivity contribution in [3.63, 3.8) is 0 Å². The van der Waals surface area contributed by atoms with Crippen molar-refractivity contribution in [2.24, 2.45) is 5.16 Å². The maximum Gasteiger partial charge on any atom is 0.0958 e. The standard InChI is InChI=1S/C11H11N3OS.ClH/c15-13-7-10-8-16-11(14-10)5-4-9-3-1-2-6-12-9;/h1-3,6-8,15H,4-5H2;1H/b13-7-;. The van der Waals surface area contributed by atoms with E-state index in [2.05, 4.69) is 15.1 Å². The minimum Gasteiger partial charge on any atom is -0.411 e. The van der Waals surface area contributed by atoms with E-state index in [1.165, 1.54) is 6.21 Å². The highest BCUT2D eigenvalue weighted by molar-refractivity contribution is 7.09. The van der Waals surface area contributed by atoms with Crippen molar-refractivity contribution in [2.75, 3.05) is 0 Å². The number of pyridine rings is 1. The first-order valence-corrected chi connectivity index (χ1v) is 5.78. The lowest BCUT2D eigenvalue weighted by molar-refractivity contribution is 0.321. The van der Waals surface area contributed by atoms with Gasteiger partial charge < -0.3 is 5.21 Å². The first kappa shape index (κ1) is 13.6. The van der Waals surface area contributed by atoms with E-state index in [1.54, 1.807) is 17.5 Å². The first-order chi connectivity index (χ1) is 7.88. The zero-order valence-corrected chi connectivity index (χ0v) is 10.6. The number of hydrogen-bond acceptors (Lipinski definition) is 5. The number of hydrogen-bond donors (Lipinski definition) is 1. The molecule has 90 valence electrons. The molecule has 17 heavy (non-hydrogen) atoms. The molecular formula is C11H12ClN3OS. The van der Waals surface area contributed by atoms with Crippen molar-refractivity contribution in [2.45, 2.75) is 12.8 Å². The number of rotatable bonds is 4. The van der Waals surface area contributed by atoms with Crippen LogP contribution in [0.25, 0.3) is 0 Å². The Morgan fingerprint density at radius 1 is 1.35 bits per heavy atom. The van der Waals surface area contributed by atoms with Gasteiger partial charge in [-0.2, -0.15) is 0 Å². The summed E-state index contributed by atoms with van der Waals surface area (Å²) < 4.78 is 0. The Kier molecular flexibility index (Phi) is 5.59. The summed E-state index contributed by atoms with van der Waals surface area (Å²) in [6.45, 7) is 0. The number of thiazole rings is 1. The second kappa shape index (κ2) is 6.98. The molecule has 0 bridgehead atoms. The molecule has 0 aliphatic heterocycles. The third-order valence-corrected chi connectivity index (χ3v) is 3.01. The van der Waals surface area contributed by atoms with Gasteiger partial charge in [-0.1, -0.05) is 11.2 Å². The van der Waals surface area contributed by atoms with Gasteiger partial charge in [-0.05, 0) is 18.6 Å². The molecule has 0 saturated carbocycles. The quantitative estimate of drug-likeness (QED) is 0.527. The van der Waals surface area contributed by atoms with Gasteiger partial charge in [-0.15, -0.1) is 23.7 Å². The van der Waals surface area contributed by atoms with Crippen molar-refractivity contribution < 1.29 is 5.21 Å². The summed E-state index contributed by atoms with van der Waals surface area (Å²) in [4.78, 5) is 8.54. The van der Waals surface area contributed by atoms with Gasteiger partial charge in [-0.25, -0.2) is 4.98 Å². The summed E-state index contributed by atoms with van der Waals surface area (Å²) in [6, 6.07) is 5.89. The maximum atomic E-state index is 8.36. The fraction of sp³-hybridized carbons (Fsp3) is 0.182. The Hall–Kier alpha value is -1.46. The zero-order chi connectivity index (χ0) is 11.2. The minimum atomic E-state index is 0. The number of aryl methyl sites for hydroxylation is 2. The molecule has 2 aromatic rings. The smallest absolute Gasteiger partial charge is 0.0958 e. The SMILES string of the molecule is Cl.O/N=C\c1csc(CCc2ccccn2)n1. The van der Waals surface area contributed by atoms with Crippen LogP contribution in [-0.4, -0.2) is 21.4 Å². The van der Waals surface area contributed by atoms with Crippen LogP contribution in [0.15, 0.2) is 34.9 Å². The van der Waals surface area contributed by atoms with Gasteiger partial charge in [0.15, 0.2) is 0 Å². The molecule has 0 amide bonds. The van der Waals surface area contributed by atoms with Crippen LogP contribution in [0.1, 0.15) is 16.4 Å². The fourth-order valence-corrected chi connectivity index (χ4v) is 2.09. The molecule has 4 nitrogen and oxygen atoms in total. The molecule has 0 aliphatic rings. The average Bonchev–Trinajstić information content (AvgIpc) is 2.76. The van der Waals surface area contributed by atoms with Crippen LogP contribution in [-0.2, 0) is 12.8 Å². The van der Waals surface area contributed by atoms with E-state index >= 15 is 0 Å². The molecule has 0 radical (unpaired) electrons. The molecule has 0 aromatic carbocycles. The van der Waals surface area contributed by atoms with E-state index in [4.69, 9.17) is 5.21 Å². The van der Waals surface area contributed by atoms with Crippen LogP contribution in [0.4, 0.5) is 0 Å². The van der Waals surface area contributed by atoms with E-state index in [0.29, 0.717) is 5.69 Å². The molecule has 2 aromatic heterocycles. The summed E-state index contributed by atoms with van der Waals surface area (Å²) in [7, 11) is 0. The van der Waals surface area contributed by atoms with Crippen LogP contribution < -0.4 is 0 Å². The van der Waals surface area contributed by atoms with Crippen LogP contribution in [0.3, 0.4) is 0 Å². The Labute approximate surface area is 109 Å². The van der Waals surface area contributed by atoms with Crippen LogP contribution in [0.5, 0.6) is 0 Å². The molecular weight excluding hydrogens is 258 g/mol. The molecule has 6 heteroatoms. The molecule has 2 heterocycles. The van der Waals surface area contributed by atoms with Crippen LogP contribution >= 0.6 is 23.7 Å². The summed E-state index contributed by atoms with van der Waals surface area (Å²) in [5.41, 5.74) is 1.76. The van der Waals surface area contributed by atoms with E-state index < -0.39 is 0 Å². The second-order valence-electron chi connectivity index (χ2n) is 3.23. The van der Waals surface area contributed by atoms with Crippen LogP contribution in [0.2, 0.25) is 0 Å². The molecule has 0 atom stereocenters. The highest BCUT2D eigenvalue weighted by Crippen LogP contribution is 2.11. The van der Waals surface area contributed by atoms with Gasteiger partial charge in [0, 0.05) is 23.7 Å². The predicted octanol–water partition coefficient (Wildman–Crippen LogP) is 2.55. The van der Waals surface area contributed by atoms with E-state index in [9.17, 15) is 0 Å². The highest BCUT2D eigenvalue weighted by atomic mass is 35.5. The van der Waals surface area contributed by atoms with Crippen molar-refractivity contribution in [1.29, 1.82) is 0 Å². The van der Waals surface area contributed by atoms with Gasteiger partial charge in [0.2, 0.25) is 0 Å². The molecule has 0 spiro atoms. The van der Waals surface area contributed by atoms with Crippen molar-refractivity contribution in [3.05, 3.63) is 46.2 Å². The Morgan fingerprint density at radius 3 is 2.94 bits per heavy atom. The molecule has 2 rings (SSSR count). The third-order valence-electron chi connectivity index (χ3n) is 2.08. The molecule has 0 fully saturated rings. The summed E-state index contributed by atoms with van der Waals surface area (Å²) in [5.74, 6) is 0. The van der Waals surface area contributed by atoms with Gasteiger partial charge in [0.05, 0.1) is 16.9 Å². The van der Waals surface area contributed by atoms with E-state index in [-0.39, 0.29) is 12.4 Å². The minimum absolute atomic E-state index is 0. The lowest BCUT2D eigenvalue weighted by Crippen LogP contribution is -1.93. The number of halogens is 1. The number of aromatic nitrogens is 2. The number of nitrogens with zero attached hydrogens (tertiary/aromatic N) is 3. The fourth-order valence-electron chi connectivity index (χ4n) is 1.34. The monoisotopic (exact) mass is 269 g/mol. The molecule has 0 saturated heterocycles. The molecule has 0 unspecified atom stereocenters.